The second kappa shape index (κ2) is 7.46. The molecule has 0 bridgehead atoms. The van der Waals surface area contributed by atoms with Crippen LogP contribution in [0.4, 0.5) is 0 Å². The van der Waals surface area contributed by atoms with Crippen molar-refractivity contribution in [1.29, 1.82) is 0 Å². The third kappa shape index (κ3) is 5.78. The second-order valence-electron chi connectivity index (χ2n) is 1.25. The molecule has 2 nitrogen and oxygen atoms in total. The van der Waals surface area contributed by atoms with E-state index in [1.165, 1.54) is 0 Å². The molecule has 0 saturated heterocycles. The molecule has 1 rings (SSSR count). The van der Waals surface area contributed by atoms with Crippen LogP contribution in [0.3, 0.4) is 0 Å². The Morgan fingerprint density at radius 1 is 1.33 bits per heavy atom. The van der Waals surface area contributed by atoms with Crippen molar-refractivity contribution < 1.29 is 68.9 Å². The summed E-state index contributed by atoms with van der Waals surface area (Å²) < 4.78 is 0. The zero-order valence-electron chi connectivity index (χ0n) is 5.28. The number of hydrogen-bond donors (Lipinski definition) is 0. The van der Waals surface area contributed by atoms with Crippen molar-refractivity contribution in [2.24, 2.45) is 0 Å². The molecule has 0 aromatic carbocycles. The third-order valence-electron chi connectivity index (χ3n) is 0.646. The first-order valence-corrected chi connectivity index (χ1v) is 1.98. The number of rotatable bonds is 0. The average Bonchev–Trinajstić information content (AvgIpc) is 1.69. The molecule has 0 saturated carbocycles. The first-order valence-electron chi connectivity index (χ1n) is 1.98. The number of hydrogen-bond acceptors (Lipinski definition) is 3. The summed E-state index contributed by atoms with van der Waals surface area (Å²) in [6, 6.07) is 1.80. The van der Waals surface area contributed by atoms with Crippen LogP contribution in [0, 0.1) is 6.92 Å². The van der Waals surface area contributed by atoms with Gasteiger partial charge in [0, 0.05) is 0 Å². The van der Waals surface area contributed by atoms with Crippen LogP contribution in [-0.4, -0.2) is 10.2 Å². The van der Waals surface area contributed by atoms with E-state index < -0.39 is 0 Å². The topological polar surface area (TPSA) is 25.8 Å². The van der Waals surface area contributed by atoms with Gasteiger partial charge >= 0.3 is 68.9 Å². The van der Waals surface area contributed by atoms with E-state index in [0.29, 0.717) is 0 Å². The van der Waals surface area contributed by atoms with Crippen LogP contribution in [0.1, 0.15) is 5.56 Å². The van der Waals surface area contributed by atoms with Gasteiger partial charge in [-0.3, -0.25) is 0 Å². The Bertz CT molecular complexity index is 145. The van der Waals surface area contributed by atoms with Crippen molar-refractivity contribution in [2.75, 3.05) is 0 Å². The molecule has 0 spiro atoms. The van der Waals surface area contributed by atoms with Gasteiger partial charge in [-0.25, -0.2) is 5.10 Å². The molecule has 0 unspecified atom stereocenters. The van der Waals surface area contributed by atoms with E-state index >= 15 is 0 Å². The minimum atomic E-state index is 0. The van der Waals surface area contributed by atoms with Gasteiger partial charge in [0.2, 0.25) is 0 Å². The van der Waals surface area contributed by atoms with Gasteiger partial charge in [-0.2, -0.15) is 17.6 Å². The predicted octanol–water partition coefficient (Wildman–Crippen LogP) is -2.61. The minimum Gasteiger partial charge on any atom is -0.813 e. The van der Waals surface area contributed by atoms with Gasteiger partial charge in [-0.1, -0.05) is 6.20 Å². The maximum Gasteiger partial charge on any atom is 1.00 e. The molecular formula is C5H6CsN2S-. The Labute approximate surface area is 121 Å². The molecule has 0 radical (unpaired) electrons. The first kappa shape index (κ1) is 13.0. The van der Waals surface area contributed by atoms with Crippen LogP contribution < -0.4 is 68.9 Å². The monoisotopic (exact) mass is 259 g/mol. The van der Waals surface area contributed by atoms with Crippen LogP contribution in [0.2, 0.25) is 0 Å². The SMILES string of the molecule is [CH2-]c1ccnnc1.[Cs+].[SH-]. The molecule has 1 heterocycles. The van der Waals surface area contributed by atoms with Gasteiger partial charge < -0.3 is 13.5 Å². The normalized spacial score (nSPS) is 6.67. The molecule has 0 aliphatic carbocycles. The van der Waals surface area contributed by atoms with E-state index in [0.717, 1.165) is 5.56 Å². The Balaban J connectivity index is 0. The van der Waals surface area contributed by atoms with Gasteiger partial charge in [0.1, 0.15) is 0 Å². The van der Waals surface area contributed by atoms with Crippen molar-refractivity contribution in [3.63, 3.8) is 0 Å². The van der Waals surface area contributed by atoms with E-state index in [1.807, 2.05) is 0 Å². The van der Waals surface area contributed by atoms with Gasteiger partial charge in [-0.05, 0) is 6.20 Å². The summed E-state index contributed by atoms with van der Waals surface area (Å²) in [7, 11) is 0. The number of aromatic nitrogens is 2. The minimum absolute atomic E-state index is 0. The molecule has 0 N–H and O–H groups in total. The van der Waals surface area contributed by atoms with E-state index in [1.54, 1.807) is 18.5 Å². The van der Waals surface area contributed by atoms with Crippen molar-refractivity contribution in [1.82, 2.24) is 10.2 Å². The van der Waals surface area contributed by atoms with E-state index in [-0.39, 0.29) is 82.4 Å². The largest absolute Gasteiger partial charge is 1.00 e. The third-order valence-corrected chi connectivity index (χ3v) is 0.646. The summed E-state index contributed by atoms with van der Waals surface area (Å²) in [4.78, 5) is 0. The van der Waals surface area contributed by atoms with Crippen LogP contribution in [-0.2, 0) is 13.5 Å². The Morgan fingerprint density at radius 3 is 2.22 bits per heavy atom. The van der Waals surface area contributed by atoms with Crippen molar-refractivity contribution in [3.05, 3.63) is 30.9 Å². The summed E-state index contributed by atoms with van der Waals surface area (Å²) in [5.41, 5.74) is 0.898. The Hall–Kier alpha value is 1.35. The summed E-state index contributed by atoms with van der Waals surface area (Å²) in [6.45, 7) is 3.62. The molecule has 44 valence electrons. The summed E-state index contributed by atoms with van der Waals surface area (Å²) in [5.74, 6) is 0. The van der Waals surface area contributed by atoms with Crippen LogP contribution >= 0.6 is 0 Å². The van der Waals surface area contributed by atoms with Gasteiger partial charge in [0.15, 0.2) is 0 Å². The van der Waals surface area contributed by atoms with Gasteiger partial charge in [0.25, 0.3) is 0 Å². The molecule has 0 atom stereocenters. The van der Waals surface area contributed by atoms with Crippen molar-refractivity contribution >= 4 is 13.5 Å². The molecule has 4 heteroatoms. The molecule has 0 fully saturated rings. The van der Waals surface area contributed by atoms with Crippen LogP contribution in [0.5, 0.6) is 0 Å². The zero-order chi connectivity index (χ0) is 5.11. The molecule has 0 aliphatic heterocycles. The fourth-order valence-electron chi connectivity index (χ4n) is 0.318. The fraction of sp³-hybridized carbons (Fsp3) is 0. The summed E-state index contributed by atoms with van der Waals surface area (Å²) >= 11 is 0. The molecular weight excluding hydrogens is 253 g/mol. The molecule has 1 aromatic rings. The smallest absolute Gasteiger partial charge is 0.813 e. The maximum absolute atomic E-state index is 3.62. The second-order valence-corrected chi connectivity index (χ2v) is 1.25. The van der Waals surface area contributed by atoms with Crippen molar-refractivity contribution in [3.8, 4) is 0 Å². The summed E-state index contributed by atoms with van der Waals surface area (Å²) in [5, 5.41) is 7.13. The number of nitrogens with zero attached hydrogens (tertiary/aromatic N) is 2. The van der Waals surface area contributed by atoms with Crippen LogP contribution in [0.25, 0.3) is 0 Å². The first-order chi connectivity index (χ1) is 3.39. The quantitative estimate of drug-likeness (QED) is 0.290. The van der Waals surface area contributed by atoms with E-state index in [9.17, 15) is 0 Å². The Morgan fingerprint density at radius 2 is 2.00 bits per heavy atom. The van der Waals surface area contributed by atoms with Crippen molar-refractivity contribution in [2.45, 2.75) is 0 Å². The molecule has 9 heavy (non-hydrogen) atoms. The van der Waals surface area contributed by atoms with E-state index in [2.05, 4.69) is 17.1 Å². The number of thiol groups is 1. The summed E-state index contributed by atoms with van der Waals surface area (Å²) in [6.07, 6.45) is 3.22. The zero-order valence-corrected chi connectivity index (χ0v) is 12.5. The Kier molecular flexibility index (Phi) is 10.8. The predicted molar refractivity (Wildman–Crippen MR) is 35.3 cm³/mol. The van der Waals surface area contributed by atoms with Gasteiger partial charge in [0.05, 0.1) is 0 Å². The average molecular weight is 259 g/mol. The fourth-order valence-corrected chi connectivity index (χ4v) is 0.318. The van der Waals surface area contributed by atoms with E-state index in [4.69, 9.17) is 0 Å². The maximum atomic E-state index is 3.62. The molecule has 1 aromatic heterocycles. The van der Waals surface area contributed by atoms with Gasteiger partial charge in [-0.15, -0.1) is 6.07 Å². The molecule has 0 amide bonds. The van der Waals surface area contributed by atoms with Crippen LogP contribution in [0.15, 0.2) is 18.5 Å². The molecule has 0 aliphatic rings. The standard InChI is InChI=1S/C5H5N2.Cs.H2S/c1-5-2-3-6-7-4-5;;/h2-4H,1H2;;1H2/q-1;+1;/p-1.